The number of fused-ring (bicyclic) bond motifs is 1. The maximum atomic E-state index is 12.3. The number of nitrogens with one attached hydrogen (secondary N) is 2. The summed E-state index contributed by atoms with van der Waals surface area (Å²) in [6.07, 6.45) is 2.38. The van der Waals surface area contributed by atoms with E-state index in [1.165, 1.54) is 0 Å². The van der Waals surface area contributed by atoms with E-state index in [0.29, 0.717) is 12.4 Å². The average Bonchev–Trinajstić information content (AvgIpc) is 3.16. The Kier molecular flexibility index (Phi) is 4.51. The Balaban J connectivity index is 1.40. The van der Waals surface area contributed by atoms with E-state index in [0.717, 1.165) is 23.4 Å². The predicted molar refractivity (Wildman–Crippen MR) is 96.0 cm³/mol. The molecule has 4 rings (SSSR count). The molecule has 0 spiro atoms. The summed E-state index contributed by atoms with van der Waals surface area (Å²) in [7, 11) is 0. The number of amides is 2. The van der Waals surface area contributed by atoms with Crippen molar-refractivity contribution >= 4 is 6.03 Å². The summed E-state index contributed by atoms with van der Waals surface area (Å²) in [5, 5.41) is 13.9. The number of carbonyl (C=O) groups excluding carboxylic acids is 1. The zero-order valence-electron chi connectivity index (χ0n) is 14.1. The predicted octanol–water partition coefficient (Wildman–Crippen LogP) is 2.59. The normalized spacial score (nSPS) is 15.6. The molecule has 1 aliphatic rings. The van der Waals surface area contributed by atoms with E-state index in [-0.39, 0.29) is 18.6 Å². The second kappa shape index (κ2) is 7.26. The van der Waals surface area contributed by atoms with Gasteiger partial charge in [-0.3, -0.25) is 4.57 Å². The molecule has 3 aromatic rings. The van der Waals surface area contributed by atoms with E-state index >= 15 is 0 Å². The molecular weight excluding hydrogens is 330 g/mol. The first-order valence-electron chi connectivity index (χ1n) is 8.51. The summed E-state index contributed by atoms with van der Waals surface area (Å²) in [5.41, 5.74) is 1.95. The van der Waals surface area contributed by atoms with E-state index in [9.17, 15) is 4.79 Å². The van der Waals surface area contributed by atoms with Gasteiger partial charge in [0.25, 0.3) is 0 Å². The molecule has 7 heteroatoms. The van der Waals surface area contributed by atoms with Gasteiger partial charge in [-0.2, -0.15) is 0 Å². The van der Waals surface area contributed by atoms with Gasteiger partial charge >= 0.3 is 6.03 Å². The zero-order chi connectivity index (χ0) is 17.8. The van der Waals surface area contributed by atoms with Crippen LogP contribution in [0.4, 0.5) is 4.79 Å². The van der Waals surface area contributed by atoms with E-state index in [1.807, 2.05) is 59.2 Å². The monoisotopic (exact) mass is 349 g/mol. The van der Waals surface area contributed by atoms with Crippen LogP contribution in [0.25, 0.3) is 5.69 Å². The van der Waals surface area contributed by atoms with Crippen LogP contribution >= 0.6 is 0 Å². The van der Waals surface area contributed by atoms with Gasteiger partial charge in [0.05, 0.1) is 19.2 Å². The lowest BCUT2D eigenvalue weighted by Gasteiger charge is -2.26. The fourth-order valence-corrected chi connectivity index (χ4v) is 3.04. The molecule has 1 aliphatic heterocycles. The highest BCUT2D eigenvalue weighted by Crippen LogP contribution is 2.31. The number of rotatable bonds is 4. The Labute approximate surface area is 151 Å². The van der Waals surface area contributed by atoms with Crippen LogP contribution in [-0.4, -0.2) is 27.4 Å². The van der Waals surface area contributed by atoms with E-state index in [2.05, 4.69) is 20.8 Å². The van der Waals surface area contributed by atoms with Gasteiger partial charge in [-0.25, -0.2) is 4.79 Å². The highest BCUT2D eigenvalue weighted by Gasteiger charge is 2.22. The van der Waals surface area contributed by atoms with Crippen molar-refractivity contribution in [3.8, 4) is 11.4 Å². The van der Waals surface area contributed by atoms with Gasteiger partial charge in [0.15, 0.2) is 5.82 Å². The van der Waals surface area contributed by atoms with Crippen LogP contribution in [0.15, 0.2) is 60.9 Å². The third-order valence-electron chi connectivity index (χ3n) is 4.32. The van der Waals surface area contributed by atoms with Crippen LogP contribution in [0, 0.1) is 0 Å². The maximum Gasteiger partial charge on any atom is 0.315 e. The van der Waals surface area contributed by atoms with Crippen LogP contribution in [0.3, 0.4) is 0 Å². The van der Waals surface area contributed by atoms with Crippen molar-refractivity contribution in [3.63, 3.8) is 0 Å². The zero-order valence-corrected chi connectivity index (χ0v) is 14.1. The van der Waals surface area contributed by atoms with Crippen molar-refractivity contribution in [1.82, 2.24) is 25.4 Å². The quantitative estimate of drug-likeness (QED) is 0.759. The molecule has 0 unspecified atom stereocenters. The first-order chi connectivity index (χ1) is 12.8. The van der Waals surface area contributed by atoms with E-state index in [4.69, 9.17) is 4.74 Å². The number of benzene rings is 2. The molecule has 2 N–H and O–H groups in total. The van der Waals surface area contributed by atoms with Crippen LogP contribution in [0.2, 0.25) is 0 Å². The van der Waals surface area contributed by atoms with Crippen LogP contribution in [0.5, 0.6) is 5.75 Å². The number of urea groups is 1. The largest absolute Gasteiger partial charge is 0.493 e. The van der Waals surface area contributed by atoms with Crippen molar-refractivity contribution in [2.24, 2.45) is 0 Å². The number of carbonyl (C=O) groups is 1. The number of aromatic nitrogens is 3. The van der Waals surface area contributed by atoms with Gasteiger partial charge in [0.1, 0.15) is 12.1 Å². The van der Waals surface area contributed by atoms with Crippen LogP contribution < -0.4 is 15.4 Å². The van der Waals surface area contributed by atoms with Gasteiger partial charge < -0.3 is 15.4 Å². The summed E-state index contributed by atoms with van der Waals surface area (Å²) in [5.74, 6) is 1.49. The lowest BCUT2D eigenvalue weighted by Crippen LogP contribution is -2.39. The van der Waals surface area contributed by atoms with Gasteiger partial charge in [-0.05, 0) is 18.2 Å². The average molecular weight is 349 g/mol. The highest BCUT2D eigenvalue weighted by atomic mass is 16.5. The Morgan fingerprint density at radius 3 is 2.85 bits per heavy atom. The molecule has 2 aromatic carbocycles. The van der Waals surface area contributed by atoms with E-state index in [1.54, 1.807) is 6.33 Å². The minimum atomic E-state index is -0.241. The Morgan fingerprint density at radius 2 is 1.96 bits per heavy atom. The number of hydrogen-bond acceptors (Lipinski definition) is 4. The SMILES string of the molecule is O=C(NCc1nncn1-c1ccccc1)N[C@@H]1CCOc2ccccc21. The standard InChI is InChI=1S/C19H19N5O2/c25-19(22-16-10-11-26-17-9-5-4-8-15(16)17)20-12-18-23-21-13-24(18)14-6-2-1-3-7-14/h1-9,13,16H,10-12H2,(H2,20,22,25)/t16-/m1/s1. The summed E-state index contributed by atoms with van der Waals surface area (Å²) in [6.45, 7) is 0.871. The third kappa shape index (κ3) is 3.37. The molecule has 0 radical (unpaired) electrons. The molecule has 26 heavy (non-hydrogen) atoms. The molecule has 0 aliphatic carbocycles. The minimum absolute atomic E-state index is 0.0630. The highest BCUT2D eigenvalue weighted by molar-refractivity contribution is 5.74. The molecule has 0 saturated heterocycles. The molecule has 132 valence electrons. The first-order valence-corrected chi connectivity index (χ1v) is 8.51. The lowest BCUT2D eigenvalue weighted by molar-refractivity contribution is 0.223. The topological polar surface area (TPSA) is 81.1 Å². The van der Waals surface area contributed by atoms with Crippen LogP contribution in [-0.2, 0) is 6.54 Å². The summed E-state index contributed by atoms with van der Waals surface area (Å²) in [6, 6.07) is 17.2. The Morgan fingerprint density at radius 1 is 1.15 bits per heavy atom. The van der Waals surface area contributed by atoms with E-state index < -0.39 is 0 Å². The van der Waals surface area contributed by atoms with Crippen LogP contribution in [0.1, 0.15) is 23.9 Å². The minimum Gasteiger partial charge on any atom is -0.493 e. The summed E-state index contributed by atoms with van der Waals surface area (Å²) < 4.78 is 7.48. The van der Waals surface area contributed by atoms with Crippen molar-refractivity contribution in [1.29, 1.82) is 0 Å². The van der Waals surface area contributed by atoms with Crippen molar-refractivity contribution in [2.45, 2.75) is 19.0 Å². The van der Waals surface area contributed by atoms with Crippen molar-refractivity contribution < 1.29 is 9.53 Å². The lowest BCUT2D eigenvalue weighted by atomic mass is 10.0. The second-order valence-corrected chi connectivity index (χ2v) is 6.01. The van der Waals surface area contributed by atoms with Gasteiger partial charge in [0, 0.05) is 17.7 Å². The molecule has 0 fully saturated rings. The number of nitrogens with zero attached hydrogens (tertiary/aromatic N) is 3. The molecule has 2 heterocycles. The third-order valence-corrected chi connectivity index (χ3v) is 4.32. The fraction of sp³-hybridized carbons (Fsp3) is 0.211. The van der Waals surface area contributed by atoms with Gasteiger partial charge in [-0.15, -0.1) is 10.2 Å². The summed E-state index contributed by atoms with van der Waals surface area (Å²) in [4.78, 5) is 12.3. The van der Waals surface area contributed by atoms with Gasteiger partial charge in [-0.1, -0.05) is 36.4 Å². The smallest absolute Gasteiger partial charge is 0.315 e. The first kappa shape index (κ1) is 16.1. The molecule has 0 saturated carbocycles. The van der Waals surface area contributed by atoms with Crippen molar-refractivity contribution in [2.75, 3.05) is 6.61 Å². The number of ether oxygens (including phenoxy) is 1. The van der Waals surface area contributed by atoms with Gasteiger partial charge in [0.2, 0.25) is 0 Å². The molecule has 1 aromatic heterocycles. The Bertz CT molecular complexity index is 894. The molecular formula is C19H19N5O2. The Hall–Kier alpha value is -3.35. The second-order valence-electron chi connectivity index (χ2n) is 6.01. The molecule has 2 amide bonds. The maximum absolute atomic E-state index is 12.3. The summed E-state index contributed by atoms with van der Waals surface area (Å²) >= 11 is 0. The number of hydrogen-bond donors (Lipinski definition) is 2. The van der Waals surface area contributed by atoms with Crippen molar-refractivity contribution in [3.05, 3.63) is 72.3 Å². The molecule has 1 atom stereocenters. The number of para-hydroxylation sites is 2. The molecule has 0 bridgehead atoms. The molecule has 7 nitrogen and oxygen atoms in total. The fourth-order valence-electron chi connectivity index (χ4n) is 3.04.